The van der Waals surface area contributed by atoms with E-state index >= 15 is 0 Å². The number of aromatic nitrogens is 6. The highest BCUT2D eigenvalue weighted by molar-refractivity contribution is 6.33. The number of aliphatic hydroxyl groups excluding tert-OH is 1. The summed E-state index contributed by atoms with van der Waals surface area (Å²) in [6.07, 6.45) is 1.75. The molecule has 2 aromatic carbocycles. The molecule has 0 amide bonds. The Morgan fingerprint density at radius 1 is 0.946 bits per heavy atom. The summed E-state index contributed by atoms with van der Waals surface area (Å²) in [5.74, 6) is 0. The van der Waals surface area contributed by atoms with E-state index in [1.807, 2.05) is 48.5 Å². The highest BCUT2D eigenvalue weighted by atomic mass is 35.5. The molecule has 3 aromatic heterocycles. The first-order valence-electron chi connectivity index (χ1n) is 11.8. The Hall–Kier alpha value is -3.83. The van der Waals surface area contributed by atoms with E-state index in [4.69, 9.17) is 25.8 Å². The van der Waals surface area contributed by atoms with E-state index in [0.717, 1.165) is 22.4 Å². The number of ether oxygens (including phenoxy) is 3. The van der Waals surface area contributed by atoms with Gasteiger partial charge in [-0.05, 0) is 29.3 Å². The number of hydrogen-bond donors (Lipinski definition) is 2. The number of benzene rings is 2. The monoisotopic (exact) mass is 516 g/mol. The van der Waals surface area contributed by atoms with E-state index in [0.29, 0.717) is 34.5 Å². The van der Waals surface area contributed by atoms with Crippen LogP contribution in [0.25, 0.3) is 39.2 Å². The largest absolute Gasteiger partial charge is 0.456 e. The van der Waals surface area contributed by atoms with Crippen LogP contribution in [-0.4, -0.2) is 72.7 Å². The smallest absolute Gasteiger partial charge is 0.296 e. The van der Waals surface area contributed by atoms with Crippen molar-refractivity contribution in [3.63, 3.8) is 0 Å². The van der Waals surface area contributed by atoms with Gasteiger partial charge in [-0.3, -0.25) is 0 Å². The van der Waals surface area contributed by atoms with Gasteiger partial charge in [0, 0.05) is 5.56 Å². The lowest BCUT2D eigenvalue weighted by Crippen LogP contribution is -2.34. The van der Waals surface area contributed by atoms with Crippen LogP contribution in [0.1, 0.15) is 0 Å². The topological polar surface area (TPSA) is 120 Å². The highest BCUT2D eigenvalue weighted by Gasteiger charge is 2.48. The number of halogens is 1. The summed E-state index contributed by atoms with van der Waals surface area (Å²) in [5, 5.41) is 18.3. The van der Waals surface area contributed by atoms with Crippen LogP contribution in [0.4, 0.5) is 0 Å². The number of hydrogen-bond acceptors (Lipinski definition) is 8. The molecule has 2 unspecified atom stereocenters. The van der Waals surface area contributed by atoms with Crippen LogP contribution in [0.15, 0.2) is 67.0 Å². The van der Waals surface area contributed by atoms with Gasteiger partial charge in [-0.15, -0.1) is 5.10 Å². The number of nitrogens with one attached hydrogen (secondary N) is 1. The first-order chi connectivity index (χ1) is 18.1. The lowest BCUT2D eigenvalue weighted by molar-refractivity contribution is 0.00706. The van der Waals surface area contributed by atoms with Gasteiger partial charge in [0.2, 0.25) is 0 Å². The lowest BCUT2D eigenvalue weighted by Gasteiger charge is -2.15. The Balaban J connectivity index is 1.11. The van der Waals surface area contributed by atoms with Crippen molar-refractivity contribution in [2.75, 3.05) is 13.2 Å². The third-order valence-electron chi connectivity index (χ3n) is 6.70. The van der Waals surface area contributed by atoms with Crippen molar-refractivity contribution in [3.8, 4) is 34.1 Å². The number of aliphatic hydroxyl groups is 1. The molecule has 0 radical (unpaired) electrons. The number of fused-ring (bicyclic) bond motifs is 2. The molecule has 5 heterocycles. The molecule has 2 fully saturated rings. The van der Waals surface area contributed by atoms with E-state index in [1.165, 1.54) is 0 Å². The second-order valence-electron chi connectivity index (χ2n) is 9.02. The highest BCUT2D eigenvalue weighted by Crippen LogP contribution is 2.33. The quantitative estimate of drug-likeness (QED) is 0.364. The fourth-order valence-electron chi connectivity index (χ4n) is 4.82. The standard InChI is InChI=1S/C26H21ClN6O4/c27-18-11-19-25(31-26(29-19)37-21-13-36-23-20(34)12-35-24(21)23)30-22(18)16-3-1-14(2-4-16)15-5-7-17(8-6-15)33-10-9-28-32-33/h1-11,20-21,23-24,34H,12-13H2,(H,29,30,31)/t20-,21-,23?,24?/m1/s1. The van der Waals surface area contributed by atoms with Gasteiger partial charge in [0.25, 0.3) is 6.01 Å². The number of nitrogens with zero attached hydrogens (tertiary/aromatic N) is 5. The fraction of sp³-hybridized carbons (Fsp3) is 0.231. The molecule has 2 N–H and O–H groups in total. The molecule has 2 saturated heterocycles. The van der Waals surface area contributed by atoms with Crippen molar-refractivity contribution < 1.29 is 19.3 Å². The lowest BCUT2D eigenvalue weighted by atomic mass is 10.0. The normalized spacial score (nSPS) is 23.0. The maximum Gasteiger partial charge on any atom is 0.296 e. The van der Waals surface area contributed by atoms with Crippen LogP contribution in [-0.2, 0) is 9.47 Å². The van der Waals surface area contributed by atoms with E-state index in [2.05, 4.69) is 25.3 Å². The first kappa shape index (κ1) is 22.4. The molecule has 0 bridgehead atoms. The molecule has 7 rings (SSSR count). The van der Waals surface area contributed by atoms with E-state index in [9.17, 15) is 5.11 Å². The zero-order chi connectivity index (χ0) is 24.9. The Labute approximate surface area is 215 Å². The molecule has 0 saturated carbocycles. The molecular formula is C26H21ClN6O4. The van der Waals surface area contributed by atoms with E-state index in [-0.39, 0.29) is 24.9 Å². The minimum absolute atomic E-state index is 0.239. The Morgan fingerprint density at radius 3 is 2.43 bits per heavy atom. The summed E-state index contributed by atoms with van der Waals surface area (Å²) in [6, 6.07) is 18.2. The Kier molecular flexibility index (Phi) is 5.40. The molecule has 0 spiro atoms. The number of H-pyrrole nitrogens is 1. The number of aromatic amines is 1. The summed E-state index contributed by atoms with van der Waals surface area (Å²) in [5.41, 5.74) is 5.75. The number of pyridine rings is 1. The van der Waals surface area contributed by atoms with Gasteiger partial charge in [-0.2, -0.15) is 4.98 Å². The fourth-order valence-corrected chi connectivity index (χ4v) is 5.08. The third-order valence-corrected chi connectivity index (χ3v) is 6.98. The van der Waals surface area contributed by atoms with Gasteiger partial charge in [0.1, 0.15) is 18.3 Å². The molecule has 2 aliphatic heterocycles. The minimum Gasteiger partial charge on any atom is -0.456 e. The van der Waals surface area contributed by atoms with Crippen molar-refractivity contribution in [2.24, 2.45) is 0 Å². The van der Waals surface area contributed by atoms with Crippen LogP contribution >= 0.6 is 11.6 Å². The van der Waals surface area contributed by atoms with Gasteiger partial charge in [-0.25, -0.2) is 9.67 Å². The second kappa shape index (κ2) is 8.93. The summed E-state index contributed by atoms with van der Waals surface area (Å²) >= 11 is 6.60. The maximum absolute atomic E-state index is 9.94. The molecule has 2 aliphatic rings. The zero-order valence-corrected chi connectivity index (χ0v) is 20.1. The number of rotatable bonds is 5. The molecule has 186 valence electrons. The van der Waals surface area contributed by atoms with Gasteiger partial charge < -0.3 is 24.3 Å². The van der Waals surface area contributed by atoms with Gasteiger partial charge in [0.15, 0.2) is 11.8 Å². The average Bonchev–Trinajstić information content (AvgIpc) is 3.71. The van der Waals surface area contributed by atoms with Gasteiger partial charge >= 0.3 is 0 Å². The summed E-state index contributed by atoms with van der Waals surface area (Å²) in [6.45, 7) is 0.557. The Morgan fingerprint density at radius 2 is 1.68 bits per heavy atom. The van der Waals surface area contributed by atoms with Crippen LogP contribution in [0, 0.1) is 0 Å². The Bertz CT molecular complexity index is 1560. The summed E-state index contributed by atoms with van der Waals surface area (Å²) in [7, 11) is 0. The minimum atomic E-state index is -0.636. The molecule has 0 aliphatic carbocycles. The van der Waals surface area contributed by atoms with E-state index < -0.39 is 6.10 Å². The van der Waals surface area contributed by atoms with Crippen molar-refractivity contribution in [3.05, 3.63) is 72.0 Å². The van der Waals surface area contributed by atoms with E-state index in [1.54, 1.807) is 23.1 Å². The molecular weight excluding hydrogens is 496 g/mol. The van der Waals surface area contributed by atoms with Crippen molar-refractivity contribution in [1.29, 1.82) is 0 Å². The predicted octanol–water partition coefficient (Wildman–Crippen LogP) is 3.43. The molecule has 4 atom stereocenters. The molecule has 11 heteroatoms. The van der Waals surface area contributed by atoms with Gasteiger partial charge in [-0.1, -0.05) is 53.2 Å². The first-order valence-corrected chi connectivity index (χ1v) is 12.2. The summed E-state index contributed by atoms with van der Waals surface area (Å²) < 4.78 is 18.9. The number of imidazole rings is 1. The second-order valence-corrected chi connectivity index (χ2v) is 9.43. The van der Waals surface area contributed by atoms with Crippen molar-refractivity contribution in [1.82, 2.24) is 29.9 Å². The van der Waals surface area contributed by atoms with Gasteiger partial charge in [0.05, 0.1) is 47.5 Å². The van der Waals surface area contributed by atoms with Crippen LogP contribution in [0.5, 0.6) is 6.01 Å². The maximum atomic E-state index is 9.94. The van der Waals surface area contributed by atoms with Crippen LogP contribution in [0.2, 0.25) is 5.02 Å². The van der Waals surface area contributed by atoms with Crippen LogP contribution in [0.3, 0.4) is 0 Å². The average molecular weight is 517 g/mol. The van der Waals surface area contributed by atoms with Crippen molar-refractivity contribution >= 4 is 22.8 Å². The molecule has 37 heavy (non-hydrogen) atoms. The molecule has 5 aromatic rings. The third kappa shape index (κ3) is 4.04. The van der Waals surface area contributed by atoms with Crippen molar-refractivity contribution in [2.45, 2.75) is 24.4 Å². The summed E-state index contributed by atoms with van der Waals surface area (Å²) in [4.78, 5) is 12.3. The SMILES string of the molecule is O[C@@H]1COC2C1OC[C@H]2Oc1nc2nc(-c3ccc(-c4ccc(-n5ccnn5)cc4)cc3)c(Cl)cc2[nH]1. The predicted molar refractivity (Wildman–Crippen MR) is 135 cm³/mol. The van der Waals surface area contributed by atoms with Crippen LogP contribution < -0.4 is 4.74 Å². The molecule has 10 nitrogen and oxygen atoms in total. The zero-order valence-electron chi connectivity index (χ0n) is 19.4.